The average molecular weight is 265 g/mol. The number of esters is 1. The first-order valence-corrected chi connectivity index (χ1v) is 6.12. The highest BCUT2D eigenvalue weighted by Gasteiger charge is 2.10. The van der Waals surface area contributed by atoms with Crippen LogP contribution in [0.2, 0.25) is 0 Å². The maximum absolute atomic E-state index is 13.1. The van der Waals surface area contributed by atoms with E-state index >= 15 is 0 Å². The number of carbonyl (C=O) groups excluding carboxylic acids is 1. The van der Waals surface area contributed by atoms with Gasteiger partial charge in [-0.05, 0) is 25.1 Å². The number of carbonyl (C=O) groups is 1. The molecule has 0 unspecified atom stereocenters. The zero-order chi connectivity index (χ0) is 13.8. The molecule has 0 saturated heterocycles. The Morgan fingerprint density at radius 2 is 2.32 bits per heavy atom. The minimum absolute atomic E-state index is 0.239. The van der Waals surface area contributed by atoms with Crippen molar-refractivity contribution in [2.75, 3.05) is 25.1 Å². The van der Waals surface area contributed by atoms with Crippen LogP contribution in [0.25, 0.3) is 11.0 Å². The normalized spacial score (nSPS) is 10.7. The number of halogens is 1. The fourth-order valence-corrected chi connectivity index (χ4v) is 1.75. The Kier molecular flexibility index (Phi) is 3.99. The SMILES string of the molecule is CCOC(=O)CCN(C)c1nc2ccc(F)cc2[nH]1. The number of hydrogen-bond acceptors (Lipinski definition) is 4. The van der Waals surface area contributed by atoms with E-state index in [0.29, 0.717) is 30.1 Å². The van der Waals surface area contributed by atoms with Crippen LogP contribution in [-0.4, -0.2) is 36.1 Å². The number of nitrogens with one attached hydrogen (secondary N) is 1. The van der Waals surface area contributed by atoms with Gasteiger partial charge in [0.25, 0.3) is 0 Å². The molecular formula is C13H16FN3O2. The van der Waals surface area contributed by atoms with Crippen molar-refractivity contribution in [1.82, 2.24) is 9.97 Å². The van der Waals surface area contributed by atoms with E-state index in [1.165, 1.54) is 12.1 Å². The monoisotopic (exact) mass is 265 g/mol. The van der Waals surface area contributed by atoms with Crippen LogP contribution in [0.15, 0.2) is 18.2 Å². The maximum atomic E-state index is 13.1. The highest BCUT2D eigenvalue weighted by atomic mass is 19.1. The number of hydrogen-bond donors (Lipinski definition) is 1. The molecule has 1 aromatic heterocycles. The Balaban J connectivity index is 2.04. The molecule has 5 nitrogen and oxygen atoms in total. The molecule has 0 radical (unpaired) electrons. The summed E-state index contributed by atoms with van der Waals surface area (Å²) >= 11 is 0. The lowest BCUT2D eigenvalue weighted by Gasteiger charge is -2.14. The van der Waals surface area contributed by atoms with Gasteiger partial charge in [0, 0.05) is 13.6 Å². The molecule has 102 valence electrons. The summed E-state index contributed by atoms with van der Waals surface area (Å²) in [7, 11) is 1.81. The minimum Gasteiger partial charge on any atom is -0.466 e. The minimum atomic E-state index is -0.308. The number of rotatable bonds is 5. The van der Waals surface area contributed by atoms with Crippen molar-refractivity contribution in [3.05, 3.63) is 24.0 Å². The Morgan fingerprint density at radius 3 is 3.05 bits per heavy atom. The Hall–Kier alpha value is -2.11. The van der Waals surface area contributed by atoms with E-state index in [1.807, 2.05) is 7.05 Å². The van der Waals surface area contributed by atoms with Crippen molar-refractivity contribution >= 4 is 23.0 Å². The van der Waals surface area contributed by atoms with Crippen LogP contribution < -0.4 is 4.90 Å². The van der Waals surface area contributed by atoms with Crippen molar-refractivity contribution in [2.24, 2.45) is 0 Å². The number of ether oxygens (including phenoxy) is 1. The summed E-state index contributed by atoms with van der Waals surface area (Å²) in [4.78, 5) is 20.4. The van der Waals surface area contributed by atoms with E-state index in [-0.39, 0.29) is 18.2 Å². The third-order valence-electron chi connectivity index (χ3n) is 2.75. The zero-order valence-electron chi connectivity index (χ0n) is 10.9. The molecule has 0 saturated carbocycles. The van der Waals surface area contributed by atoms with Gasteiger partial charge in [-0.15, -0.1) is 0 Å². The molecular weight excluding hydrogens is 249 g/mol. The van der Waals surface area contributed by atoms with Crippen LogP contribution in [0.4, 0.5) is 10.3 Å². The molecule has 2 rings (SSSR count). The molecule has 6 heteroatoms. The second kappa shape index (κ2) is 5.69. The van der Waals surface area contributed by atoms with Crippen LogP contribution >= 0.6 is 0 Å². The van der Waals surface area contributed by atoms with Crippen molar-refractivity contribution in [3.63, 3.8) is 0 Å². The summed E-state index contributed by atoms with van der Waals surface area (Å²) in [5.74, 6) is 0.0540. The van der Waals surface area contributed by atoms with Crippen molar-refractivity contribution in [2.45, 2.75) is 13.3 Å². The molecule has 1 aromatic carbocycles. The molecule has 2 aromatic rings. The summed E-state index contributed by atoms with van der Waals surface area (Å²) in [6, 6.07) is 4.38. The Labute approximate surface area is 110 Å². The molecule has 0 aliphatic carbocycles. The third-order valence-corrected chi connectivity index (χ3v) is 2.75. The van der Waals surface area contributed by atoms with Crippen LogP contribution in [0.5, 0.6) is 0 Å². The van der Waals surface area contributed by atoms with Gasteiger partial charge in [0.15, 0.2) is 0 Å². The van der Waals surface area contributed by atoms with E-state index in [1.54, 1.807) is 17.9 Å². The molecule has 1 heterocycles. The van der Waals surface area contributed by atoms with Gasteiger partial charge in [-0.2, -0.15) is 0 Å². The standard InChI is InChI=1S/C13H16FN3O2/c1-3-19-12(18)6-7-17(2)13-15-10-5-4-9(14)8-11(10)16-13/h4-5,8H,3,6-7H2,1-2H3,(H,15,16). The smallest absolute Gasteiger partial charge is 0.307 e. The zero-order valence-corrected chi connectivity index (χ0v) is 10.9. The molecule has 0 aliphatic heterocycles. The molecule has 0 spiro atoms. The van der Waals surface area contributed by atoms with Crippen molar-refractivity contribution in [1.29, 1.82) is 0 Å². The Morgan fingerprint density at radius 1 is 1.53 bits per heavy atom. The lowest BCUT2D eigenvalue weighted by Crippen LogP contribution is -2.22. The van der Waals surface area contributed by atoms with Crippen LogP contribution in [0.1, 0.15) is 13.3 Å². The highest BCUT2D eigenvalue weighted by Crippen LogP contribution is 2.17. The van der Waals surface area contributed by atoms with E-state index in [0.717, 1.165) is 0 Å². The fraction of sp³-hybridized carbons (Fsp3) is 0.385. The van der Waals surface area contributed by atoms with E-state index in [4.69, 9.17) is 4.74 Å². The van der Waals surface area contributed by atoms with Gasteiger partial charge >= 0.3 is 5.97 Å². The summed E-state index contributed by atoms with van der Waals surface area (Å²) < 4.78 is 17.9. The van der Waals surface area contributed by atoms with Gasteiger partial charge in [0.05, 0.1) is 24.1 Å². The van der Waals surface area contributed by atoms with Crippen LogP contribution in [0.3, 0.4) is 0 Å². The lowest BCUT2D eigenvalue weighted by molar-refractivity contribution is -0.142. The number of benzene rings is 1. The molecule has 1 N–H and O–H groups in total. The highest BCUT2D eigenvalue weighted by molar-refractivity contribution is 5.77. The summed E-state index contributed by atoms with van der Waals surface area (Å²) in [5.41, 5.74) is 1.33. The first-order chi connectivity index (χ1) is 9.10. The number of anilines is 1. The average Bonchev–Trinajstić information content (AvgIpc) is 2.79. The van der Waals surface area contributed by atoms with Crippen LogP contribution in [-0.2, 0) is 9.53 Å². The topological polar surface area (TPSA) is 58.2 Å². The summed E-state index contributed by atoms with van der Waals surface area (Å²) in [5, 5.41) is 0. The predicted octanol–water partition coefficient (Wildman–Crippen LogP) is 2.09. The number of fused-ring (bicyclic) bond motifs is 1. The van der Waals surface area contributed by atoms with Crippen LogP contribution in [0, 0.1) is 5.82 Å². The molecule has 0 bridgehead atoms. The summed E-state index contributed by atoms with van der Waals surface area (Å²) in [6.07, 6.45) is 0.287. The van der Waals surface area contributed by atoms with Gasteiger partial charge in [-0.1, -0.05) is 0 Å². The lowest BCUT2D eigenvalue weighted by atomic mass is 10.3. The number of imidazole rings is 1. The second-order valence-electron chi connectivity index (χ2n) is 4.20. The number of aromatic nitrogens is 2. The predicted molar refractivity (Wildman–Crippen MR) is 70.6 cm³/mol. The molecule has 0 atom stereocenters. The summed E-state index contributed by atoms with van der Waals surface area (Å²) in [6.45, 7) is 2.64. The molecule has 19 heavy (non-hydrogen) atoms. The quantitative estimate of drug-likeness (QED) is 0.841. The number of aromatic amines is 1. The van der Waals surface area contributed by atoms with Gasteiger partial charge in [-0.3, -0.25) is 4.79 Å². The third kappa shape index (κ3) is 3.21. The van der Waals surface area contributed by atoms with E-state index in [9.17, 15) is 9.18 Å². The number of H-pyrrole nitrogens is 1. The van der Waals surface area contributed by atoms with Gasteiger partial charge in [0.2, 0.25) is 5.95 Å². The largest absolute Gasteiger partial charge is 0.466 e. The van der Waals surface area contributed by atoms with E-state index in [2.05, 4.69) is 9.97 Å². The first-order valence-electron chi connectivity index (χ1n) is 6.12. The molecule has 0 aliphatic rings. The van der Waals surface area contributed by atoms with Crippen molar-refractivity contribution in [3.8, 4) is 0 Å². The van der Waals surface area contributed by atoms with Gasteiger partial charge in [0.1, 0.15) is 5.82 Å². The fourth-order valence-electron chi connectivity index (χ4n) is 1.75. The van der Waals surface area contributed by atoms with Gasteiger partial charge < -0.3 is 14.6 Å². The van der Waals surface area contributed by atoms with Gasteiger partial charge in [-0.25, -0.2) is 9.37 Å². The Bertz CT molecular complexity index is 582. The second-order valence-corrected chi connectivity index (χ2v) is 4.20. The van der Waals surface area contributed by atoms with E-state index < -0.39 is 0 Å². The molecule has 0 amide bonds. The maximum Gasteiger partial charge on any atom is 0.307 e. The van der Waals surface area contributed by atoms with Crippen molar-refractivity contribution < 1.29 is 13.9 Å². The first kappa shape index (κ1) is 13.3. The number of nitrogens with zero attached hydrogens (tertiary/aromatic N) is 2. The molecule has 0 fully saturated rings.